The van der Waals surface area contributed by atoms with E-state index in [1.807, 2.05) is 12.1 Å². The van der Waals surface area contributed by atoms with Crippen LogP contribution in [0, 0.1) is 0 Å². The van der Waals surface area contributed by atoms with Crippen LogP contribution in [0.3, 0.4) is 0 Å². The van der Waals surface area contributed by atoms with E-state index >= 15 is 0 Å². The summed E-state index contributed by atoms with van der Waals surface area (Å²) < 4.78 is 0. The highest BCUT2D eigenvalue weighted by Crippen LogP contribution is 2.27. The van der Waals surface area contributed by atoms with E-state index in [0.29, 0.717) is 11.4 Å². The van der Waals surface area contributed by atoms with Crippen molar-refractivity contribution in [3.05, 3.63) is 34.9 Å². The van der Waals surface area contributed by atoms with E-state index in [9.17, 15) is 4.79 Å². The first-order valence-corrected chi connectivity index (χ1v) is 4.32. The molecule has 1 aromatic carbocycles. The molecule has 4 heteroatoms. The monoisotopic (exact) mass is 194 g/mol. The Morgan fingerprint density at radius 2 is 2.00 bits per heavy atom. The highest BCUT2D eigenvalue weighted by Gasteiger charge is 2.20. The fourth-order valence-corrected chi connectivity index (χ4v) is 1.38. The van der Waals surface area contributed by atoms with Crippen LogP contribution in [0.1, 0.15) is 18.0 Å². The molecule has 1 aromatic rings. The summed E-state index contributed by atoms with van der Waals surface area (Å²) in [6.07, 6.45) is 0.377. The van der Waals surface area contributed by atoms with Gasteiger partial charge in [-0.15, -0.1) is 5.11 Å². The molecule has 1 atom stereocenters. The first-order chi connectivity index (χ1) is 6.25. The number of benzene rings is 1. The quantitative estimate of drug-likeness (QED) is 0.678. The first-order valence-electron chi connectivity index (χ1n) is 3.95. The van der Waals surface area contributed by atoms with Gasteiger partial charge in [0.1, 0.15) is 6.04 Å². The molecule has 0 radical (unpaired) electrons. The number of amides is 1. The van der Waals surface area contributed by atoms with Gasteiger partial charge in [-0.2, -0.15) is 5.11 Å². The third-order valence-electron chi connectivity index (χ3n) is 1.93. The van der Waals surface area contributed by atoms with E-state index in [2.05, 4.69) is 10.2 Å². The third-order valence-corrected chi connectivity index (χ3v) is 2.18. The van der Waals surface area contributed by atoms with E-state index in [-0.39, 0.29) is 11.9 Å². The standard InChI is InChI=1S/C9H7ClN2O/c10-7-3-1-6(2-4-7)8-5-9(13)12-11-8/h1-4,8H,5H2. The molecule has 0 saturated heterocycles. The predicted octanol–water partition coefficient (Wildman–Crippen LogP) is 2.76. The highest BCUT2D eigenvalue weighted by molar-refractivity contribution is 6.30. The van der Waals surface area contributed by atoms with Gasteiger partial charge in [0.2, 0.25) is 0 Å². The van der Waals surface area contributed by atoms with E-state index in [1.54, 1.807) is 12.1 Å². The lowest BCUT2D eigenvalue weighted by molar-refractivity contribution is -0.117. The Kier molecular flexibility index (Phi) is 2.10. The summed E-state index contributed by atoms with van der Waals surface area (Å²) in [7, 11) is 0. The van der Waals surface area contributed by atoms with Crippen molar-refractivity contribution in [1.82, 2.24) is 0 Å². The Labute approximate surface area is 80.4 Å². The molecular formula is C9H7ClN2O. The largest absolute Gasteiger partial charge is 0.271 e. The Balaban J connectivity index is 2.22. The lowest BCUT2D eigenvalue weighted by Gasteiger charge is -2.03. The number of carbonyl (C=O) groups excluding carboxylic acids is 1. The second-order valence-corrected chi connectivity index (χ2v) is 3.32. The molecule has 0 bridgehead atoms. The number of halogens is 1. The van der Waals surface area contributed by atoms with Crippen LogP contribution in [-0.2, 0) is 4.79 Å². The van der Waals surface area contributed by atoms with Crippen LogP contribution in [0.25, 0.3) is 0 Å². The Morgan fingerprint density at radius 1 is 1.31 bits per heavy atom. The lowest BCUT2D eigenvalue weighted by Crippen LogP contribution is -1.94. The summed E-state index contributed by atoms with van der Waals surface area (Å²) in [4.78, 5) is 10.8. The minimum Gasteiger partial charge on any atom is -0.271 e. The lowest BCUT2D eigenvalue weighted by atomic mass is 10.1. The van der Waals surface area contributed by atoms with Crippen LogP contribution in [0.2, 0.25) is 5.02 Å². The molecule has 3 nitrogen and oxygen atoms in total. The Bertz CT molecular complexity index is 358. The van der Waals surface area contributed by atoms with Gasteiger partial charge < -0.3 is 0 Å². The van der Waals surface area contributed by atoms with Crippen molar-refractivity contribution < 1.29 is 4.79 Å². The number of nitrogens with zero attached hydrogens (tertiary/aromatic N) is 2. The van der Waals surface area contributed by atoms with Crippen LogP contribution in [0.15, 0.2) is 34.5 Å². The molecule has 1 unspecified atom stereocenters. The van der Waals surface area contributed by atoms with Crippen molar-refractivity contribution in [3.63, 3.8) is 0 Å². The normalized spacial score (nSPS) is 21.0. The molecule has 0 saturated carbocycles. The van der Waals surface area contributed by atoms with Gasteiger partial charge in [-0.25, -0.2) is 0 Å². The summed E-state index contributed by atoms with van der Waals surface area (Å²) in [5.41, 5.74) is 0.985. The zero-order valence-electron chi connectivity index (χ0n) is 6.77. The van der Waals surface area contributed by atoms with Crippen LogP contribution >= 0.6 is 11.6 Å². The molecule has 0 spiro atoms. The fourth-order valence-electron chi connectivity index (χ4n) is 1.25. The van der Waals surface area contributed by atoms with Crippen molar-refractivity contribution >= 4 is 17.5 Å². The van der Waals surface area contributed by atoms with Crippen LogP contribution in [-0.4, -0.2) is 5.91 Å². The Hall–Kier alpha value is -1.22. The van der Waals surface area contributed by atoms with Gasteiger partial charge in [0.05, 0.1) is 6.42 Å². The van der Waals surface area contributed by atoms with Crippen LogP contribution < -0.4 is 0 Å². The zero-order valence-corrected chi connectivity index (χ0v) is 7.53. The maximum atomic E-state index is 10.8. The fraction of sp³-hybridized carbons (Fsp3) is 0.222. The number of azo groups is 1. The summed E-state index contributed by atoms with van der Waals surface area (Å²) >= 11 is 5.73. The van der Waals surface area contributed by atoms with Crippen molar-refractivity contribution in [2.24, 2.45) is 10.2 Å². The number of hydrogen-bond donors (Lipinski definition) is 0. The molecule has 1 heterocycles. The SMILES string of the molecule is O=C1CC(c2ccc(Cl)cc2)N=N1. The second kappa shape index (κ2) is 3.26. The van der Waals surface area contributed by atoms with Crippen LogP contribution in [0.5, 0.6) is 0 Å². The third kappa shape index (κ3) is 1.75. The summed E-state index contributed by atoms with van der Waals surface area (Å²) in [6.45, 7) is 0. The van der Waals surface area contributed by atoms with Gasteiger partial charge in [0, 0.05) is 5.02 Å². The molecule has 66 valence electrons. The van der Waals surface area contributed by atoms with E-state index in [1.165, 1.54) is 0 Å². The van der Waals surface area contributed by atoms with E-state index in [4.69, 9.17) is 11.6 Å². The van der Waals surface area contributed by atoms with Gasteiger partial charge in [-0.05, 0) is 17.7 Å². The second-order valence-electron chi connectivity index (χ2n) is 2.88. The molecule has 0 aromatic heterocycles. The number of carbonyl (C=O) groups is 1. The van der Waals surface area contributed by atoms with E-state index in [0.717, 1.165) is 5.56 Å². The minimum absolute atomic E-state index is 0.107. The molecule has 0 N–H and O–H groups in total. The summed E-state index contributed by atoms with van der Waals surface area (Å²) in [5.74, 6) is -0.153. The maximum Gasteiger partial charge on any atom is 0.266 e. The number of rotatable bonds is 1. The molecule has 1 aliphatic rings. The maximum absolute atomic E-state index is 10.8. The van der Waals surface area contributed by atoms with Crippen LogP contribution in [0.4, 0.5) is 0 Å². The zero-order chi connectivity index (χ0) is 9.26. The van der Waals surface area contributed by atoms with Gasteiger partial charge in [-0.1, -0.05) is 23.7 Å². The molecule has 13 heavy (non-hydrogen) atoms. The average molecular weight is 195 g/mol. The molecule has 1 aliphatic heterocycles. The van der Waals surface area contributed by atoms with Crippen molar-refractivity contribution in [1.29, 1.82) is 0 Å². The van der Waals surface area contributed by atoms with Crippen molar-refractivity contribution in [2.75, 3.05) is 0 Å². The molecular weight excluding hydrogens is 188 g/mol. The molecule has 0 fully saturated rings. The first kappa shape index (κ1) is 8.38. The van der Waals surface area contributed by atoms with Gasteiger partial charge in [0.15, 0.2) is 0 Å². The highest BCUT2D eigenvalue weighted by atomic mass is 35.5. The van der Waals surface area contributed by atoms with Gasteiger partial charge >= 0.3 is 0 Å². The number of hydrogen-bond acceptors (Lipinski definition) is 2. The van der Waals surface area contributed by atoms with Gasteiger partial charge in [-0.3, -0.25) is 4.79 Å². The summed E-state index contributed by atoms with van der Waals surface area (Å²) in [6, 6.07) is 7.20. The van der Waals surface area contributed by atoms with Crippen molar-refractivity contribution in [3.8, 4) is 0 Å². The predicted molar refractivity (Wildman–Crippen MR) is 48.7 cm³/mol. The molecule has 1 amide bonds. The Morgan fingerprint density at radius 3 is 2.54 bits per heavy atom. The smallest absolute Gasteiger partial charge is 0.266 e. The minimum atomic E-state index is -0.153. The average Bonchev–Trinajstić information content (AvgIpc) is 2.53. The van der Waals surface area contributed by atoms with Crippen molar-refractivity contribution in [2.45, 2.75) is 12.5 Å². The molecule has 0 aliphatic carbocycles. The van der Waals surface area contributed by atoms with Gasteiger partial charge in [0.25, 0.3) is 5.91 Å². The topological polar surface area (TPSA) is 41.8 Å². The molecule has 2 rings (SSSR count). The van der Waals surface area contributed by atoms with E-state index < -0.39 is 0 Å². The summed E-state index contributed by atoms with van der Waals surface area (Å²) in [5, 5.41) is 8.00.